The van der Waals surface area contributed by atoms with E-state index in [1.165, 1.54) is 0 Å². The number of nitrogens with two attached hydrogens (primary N) is 2. The van der Waals surface area contributed by atoms with Crippen LogP contribution < -0.4 is 11.5 Å². The molecule has 2 aliphatic heterocycles. The molecule has 5 nitrogen and oxygen atoms in total. The van der Waals surface area contributed by atoms with Crippen LogP contribution in [0.2, 0.25) is 0 Å². The minimum atomic E-state index is -0.753. The Morgan fingerprint density at radius 2 is 1.47 bits per heavy atom. The van der Waals surface area contributed by atoms with Gasteiger partial charge in [0.25, 0.3) is 0 Å². The van der Waals surface area contributed by atoms with Crippen molar-refractivity contribution in [3.63, 3.8) is 0 Å². The van der Waals surface area contributed by atoms with Gasteiger partial charge in [-0.3, -0.25) is 4.74 Å². The molecule has 0 aromatic carbocycles. The van der Waals surface area contributed by atoms with Gasteiger partial charge in [0, 0.05) is 26.7 Å². The second-order valence-electron chi connectivity index (χ2n) is 4.20. The summed E-state index contributed by atoms with van der Waals surface area (Å²) in [6, 6.07) is 0. The predicted octanol–water partition coefficient (Wildman–Crippen LogP) is 0.876. The van der Waals surface area contributed by atoms with Crippen LogP contribution in [-0.4, -0.2) is 11.6 Å². The van der Waals surface area contributed by atoms with Gasteiger partial charge in [-0.2, -0.15) is 0 Å². The van der Waals surface area contributed by atoms with E-state index in [1.807, 2.05) is 13.8 Å². The highest BCUT2D eigenvalue weighted by molar-refractivity contribution is 5.03. The Bertz CT molecular complexity index is 308. The fourth-order valence-corrected chi connectivity index (χ4v) is 1.82. The molecular weight excluding hydrogens is 196 g/mol. The molecule has 0 fully saturated rings. The van der Waals surface area contributed by atoms with Crippen molar-refractivity contribution in [1.82, 2.24) is 0 Å². The molecule has 2 unspecified atom stereocenters. The van der Waals surface area contributed by atoms with E-state index >= 15 is 0 Å². The summed E-state index contributed by atoms with van der Waals surface area (Å²) in [5, 5.41) is 0. The molecule has 2 aliphatic rings. The van der Waals surface area contributed by atoms with Gasteiger partial charge in [0.1, 0.15) is 0 Å². The lowest BCUT2D eigenvalue weighted by Crippen LogP contribution is -2.41. The summed E-state index contributed by atoms with van der Waals surface area (Å²) >= 11 is 0. The second kappa shape index (κ2) is 3.06. The largest absolute Gasteiger partial charge is 0.448 e. The number of ether oxygens (including phenoxy) is 3. The van der Waals surface area contributed by atoms with E-state index in [0.717, 1.165) is 0 Å². The molecule has 2 atom stereocenters. The van der Waals surface area contributed by atoms with Crippen molar-refractivity contribution < 1.29 is 14.2 Å². The molecule has 0 aromatic rings. The molecule has 0 aliphatic carbocycles. The molecule has 15 heavy (non-hydrogen) atoms. The lowest BCUT2D eigenvalue weighted by Gasteiger charge is -2.34. The summed E-state index contributed by atoms with van der Waals surface area (Å²) < 4.78 is 16.5. The first-order valence-electron chi connectivity index (χ1n) is 4.90. The van der Waals surface area contributed by atoms with Crippen LogP contribution in [0.25, 0.3) is 0 Å². The van der Waals surface area contributed by atoms with Crippen LogP contribution in [0.3, 0.4) is 0 Å². The molecule has 84 valence electrons. The highest BCUT2D eigenvalue weighted by Gasteiger charge is 2.43. The molecule has 0 saturated carbocycles. The van der Waals surface area contributed by atoms with Gasteiger partial charge >= 0.3 is 0 Å². The second-order valence-corrected chi connectivity index (χ2v) is 4.20. The predicted molar refractivity (Wildman–Crippen MR) is 53.8 cm³/mol. The summed E-state index contributed by atoms with van der Waals surface area (Å²) in [5.41, 5.74) is 11.1. The first-order chi connectivity index (χ1) is 6.91. The monoisotopic (exact) mass is 212 g/mol. The lowest BCUT2D eigenvalue weighted by molar-refractivity contribution is -0.314. The van der Waals surface area contributed by atoms with Gasteiger partial charge in [-0.15, -0.1) is 0 Å². The third-order valence-electron chi connectivity index (χ3n) is 2.45. The molecule has 5 heteroatoms. The Labute approximate surface area is 88.7 Å². The average molecular weight is 212 g/mol. The van der Waals surface area contributed by atoms with Gasteiger partial charge in [0.05, 0.1) is 0 Å². The Hall–Kier alpha value is -1.36. The third-order valence-corrected chi connectivity index (χ3v) is 2.45. The normalized spacial score (nSPS) is 39.3. The van der Waals surface area contributed by atoms with Gasteiger partial charge in [0.15, 0.2) is 11.8 Å². The molecule has 2 heterocycles. The first-order valence-corrected chi connectivity index (χ1v) is 4.90. The van der Waals surface area contributed by atoms with Crippen molar-refractivity contribution in [3.05, 3.63) is 23.9 Å². The van der Waals surface area contributed by atoms with E-state index in [9.17, 15) is 0 Å². The van der Waals surface area contributed by atoms with E-state index in [1.54, 1.807) is 12.2 Å². The highest BCUT2D eigenvalue weighted by Crippen LogP contribution is 2.36. The fraction of sp³-hybridized carbons (Fsp3) is 0.600. The van der Waals surface area contributed by atoms with Gasteiger partial charge < -0.3 is 20.9 Å². The maximum atomic E-state index is 5.78. The minimum Gasteiger partial charge on any atom is -0.448 e. The van der Waals surface area contributed by atoms with Crippen molar-refractivity contribution in [1.29, 1.82) is 0 Å². The number of rotatable bonds is 2. The van der Waals surface area contributed by atoms with Crippen LogP contribution in [0.15, 0.2) is 23.9 Å². The zero-order valence-corrected chi connectivity index (χ0v) is 8.95. The number of hydrogen-bond donors (Lipinski definition) is 2. The summed E-state index contributed by atoms with van der Waals surface area (Å²) in [4.78, 5) is 0. The van der Waals surface area contributed by atoms with Crippen LogP contribution in [0.5, 0.6) is 0 Å². The van der Waals surface area contributed by atoms with E-state index in [2.05, 4.69) is 0 Å². The van der Waals surface area contributed by atoms with Crippen LogP contribution >= 0.6 is 0 Å². The summed E-state index contributed by atoms with van der Waals surface area (Å²) in [6.45, 7) is 3.65. The summed E-state index contributed by atoms with van der Waals surface area (Å²) in [6.07, 6.45) is 4.79. The van der Waals surface area contributed by atoms with E-state index in [0.29, 0.717) is 24.6 Å². The van der Waals surface area contributed by atoms with E-state index in [4.69, 9.17) is 25.7 Å². The zero-order valence-electron chi connectivity index (χ0n) is 8.95. The minimum absolute atomic E-state index is 0.389. The van der Waals surface area contributed by atoms with Crippen LogP contribution in [0.1, 0.15) is 26.7 Å². The first kappa shape index (κ1) is 10.2. The van der Waals surface area contributed by atoms with E-state index < -0.39 is 11.6 Å². The van der Waals surface area contributed by atoms with Crippen molar-refractivity contribution in [2.75, 3.05) is 0 Å². The maximum absolute atomic E-state index is 5.78. The number of hydrogen-bond acceptors (Lipinski definition) is 5. The van der Waals surface area contributed by atoms with E-state index in [-0.39, 0.29) is 0 Å². The van der Waals surface area contributed by atoms with Gasteiger partial charge in [-0.05, 0) is 12.2 Å². The summed E-state index contributed by atoms with van der Waals surface area (Å²) in [5.74, 6) is -0.728. The molecule has 0 spiro atoms. The smallest absolute Gasteiger partial charge is 0.216 e. The van der Waals surface area contributed by atoms with Gasteiger partial charge in [-0.25, -0.2) is 0 Å². The Balaban J connectivity index is 1.98. The molecule has 0 saturated heterocycles. The molecule has 2 rings (SSSR count). The molecule has 0 bridgehead atoms. The Kier molecular flexibility index (Phi) is 2.08. The van der Waals surface area contributed by atoms with Gasteiger partial charge in [0.2, 0.25) is 11.6 Å². The molecular formula is C10H16N2O3. The SMILES string of the molecule is CC1(OC2(C)CC=C(N)O2)CC=C(N)O1. The standard InChI is InChI=1S/C10H16N2O3/c1-9(5-3-7(11)13-9)15-10(2)6-4-8(12)14-10/h3-4H,5-6,11-12H2,1-2H3. The molecule has 0 amide bonds. The van der Waals surface area contributed by atoms with Crippen molar-refractivity contribution in [3.8, 4) is 0 Å². The quantitative estimate of drug-likeness (QED) is 0.710. The fourth-order valence-electron chi connectivity index (χ4n) is 1.82. The van der Waals surface area contributed by atoms with Crippen LogP contribution in [-0.2, 0) is 14.2 Å². The Morgan fingerprint density at radius 3 is 1.73 bits per heavy atom. The van der Waals surface area contributed by atoms with Crippen molar-refractivity contribution >= 4 is 0 Å². The third kappa shape index (κ3) is 2.02. The maximum Gasteiger partial charge on any atom is 0.216 e. The van der Waals surface area contributed by atoms with Crippen LogP contribution in [0, 0.1) is 0 Å². The average Bonchev–Trinajstić information content (AvgIpc) is 2.57. The van der Waals surface area contributed by atoms with Crippen molar-refractivity contribution in [2.45, 2.75) is 38.3 Å². The van der Waals surface area contributed by atoms with Crippen LogP contribution in [0.4, 0.5) is 0 Å². The topological polar surface area (TPSA) is 79.7 Å². The highest BCUT2D eigenvalue weighted by atomic mass is 16.8. The summed E-state index contributed by atoms with van der Waals surface area (Å²) in [7, 11) is 0. The van der Waals surface area contributed by atoms with Gasteiger partial charge in [-0.1, -0.05) is 0 Å². The lowest BCUT2D eigenvalue weighted by atomic mass is 10.2. The molecule has 0 aromatic heterocycles. The molecule has 0 radical (unpaired) electrons. The Morgan fingerprint density at radius 1 is 1.07 bits per heavy atom. The zero-order chi connectivity index (χ0) is 11.1. The molecule has 4 N–H and O–H groups in total. The van der Waals surface area contributed by atoms with Crippen molar-refractivity contribution in [2.24, 2.45) is 11.5 Å².